The fourth-order valence-electron chi connectivity index (χ4n) is 2.60. The van der Waals surface area contributed by atoms with Gasteiger partial charge < -0.3 is 4.74 Å². The molecular weight excluding hydrogens is 222 g/mol. The molecule has 1 aromatic carbocycles. The second-order valence-corrected chi connectivity index (χ2v) is 5.01. The Morgan fingerprint density at radius 2 is 1.94 bits per heavy atom. The van der Waals surface area contributed by atoms with Gasteiger partial charge in [-0.25, -0.2) is 0 Å². The maximum Gasteiger partial charge on any atom is 0.0908 e. The largest absolute Gasteiger partial charge is 0.376 e. The first-order valence-electron chi connectivity index (χ1n) is 6.54. The highest BCUT2D eigenvalue weighted by molar-refractivity contribution is 5.14. The predicted molar refractivity (Wildman–Crippen MR) is 71.8 cm³/mol. The molecule has 0 unspecified atom stereocenters. The SMILES string of the molecule is N#CC=CC1(COCc2ccccc2)CCCC1. The van der Waals surface area contributed by atoms with Crippen molar-refractivity contribution in [2.75, 3.05) is 6.61 Å². The second kappa shape index (κ2) is 6.37. The third-order valence-electron chi connectivity index (χ3n) is 3.61. The van der Waals surface area contributed by atoms with Crippen LogP contribution in [0.1, 0.15) is 31.2 Å². The van der Waals surface area contributed by atoms with Crippen LogP contribution in [0.5, 0.6) is 0 Å². The van der Waals surface area contributed by atoms with Crippen LogP contribution in [0.15, 0.2) is 42.5 Å². The first-order valence-corrected chi connectivity index (χ1v) is 6.54. The van der Waals surface area contributed by atoms with E-state index in [0.717, 1.165) is 19.4 Å². The average molecular weight is 241 g/mol. The van der Waals surface area contributed by atoms with Gasteiger partial charge in [0.1, 0.15) is 0 Å². The van der Waals surface area contributed by atoms with Gasteiger partial charge in [0.15, 0.2) is 0 Å². The molecule has 0 radical (unpaired) electrons. The van der Waals surface area contributed by atoms with Crippen molar-refractivity contribution in [3.63, 3.8) is 0 Å². The number of hydrogen-bond acceptors (Lipinski definition) is 2. The van der Waals surface area contributed by atoms with Gasteiger partial charge in [-0.3, -0.25) is 0 Å². The van der Waals surface area contributed by atoms with E-state index in [0.29, 0.717) is 6.61 Å². The van der Waals surface area contributed by atoms with Crippen LogP contribution in [-0.4, -0.2) is 6.61 Å². The number of ether oxygens (including phenoxy) is 1. The van der Waals surface area contributed by atoms with Gasteiger partial charge in [-0.05, 0) is 18.4 Å². The van der Waals surface area contributed by atoms with E-state index in [9.17, 15) is 0 Å². The Kier molecular flexibility index (Phi) is 4.55. The zero-order chi connectivity index (χ0) is 12.7. The summed E-state index contributed by atoms with van der Waals surface area (Å²) in [6, 6.07) is 12.3. The van der Waals surface area contributed by atoms with Crippen LogP contribution in [0.25, 0.3) is 0 Å². The van der Waals surface area contributed by atoms with Crippen LogP contribution in [0.3, 0.4) is 0 Å². The Bertz CT molecular complexity index is 424. The van der Waals surface area contributed by atoms with Crippen molar-refractivity contribution < 1.29 is 4.74 Å². The fraction of sp³-hybridized carbons (Fsp3) is 0.438. The summed E-state index contributed by atoms with van der Waals surface area (Å²) >= 11 is 0. The van der Waals surface area contributed by atoms with Crippen molar-refractivity contribution in [1.82, 2.24) is 0 Å². The molecule has 0 spiro atoms. The molecule has 1 aliphatic carbocycles. The lowest BCUT2D eigenvalue weighted by atomic mass is 9.87. The summed E-state index contributed by atoms with van der Waals surface area (Å²) in [6.45, 7) is 1.38. The molecule has 1 aliphatic rings. The van der Waals surface area contributed by atoms with Gasteiger partial charge in [-0.15, -0.1) is 0 Å². The van der Waals surface area contributed by atoms with E-state index in [1.54, 1.807) is 6.08 Å². The Labute approximate surface area is 109 Å². The lowest BCUT2D eigenvalue weighted by molar-refractivity contribution is 0.0594. The standard InChI is InChI=1S/C16H19NO/c17-12-6-11-16(9-4-5-10-16)14-18-13-15-7-2-1-3-8-15/h1-3,6-8,11H,4-5,9-10,13-14H2. The first kappa shape index (κ1) is 12.9. The summed E-state index contributed by atoms with van der Waals surface area (Å²) in [4.78, 5) is 0. The quantitative estimate of drug-likeness (QED) is 0.734. The van der Waals surface area contributed by atoms with Crippen LogP contribution in [0.4, 0.5) is 0 Å². The van der Waals surface area contributed by atoms with Crippen LogP contribution in [-0.2, 0) is 11.3 Å². The van der Waals surface area contributed by atoms with Gasteiger partial charge >= 0.3 is 0 Å². The van der Waals surface area contributed by atoms with Crippen molar-refractivity contribution in [3.8, 4) is 6.07 Å². The van der Waals surface area contributed by atoms with Gasteiger partial charge in [0.25, 0.3) is 0 Å². The number of allylic oxidation sites excluding steroid dienone is 1. The van der Waals surface area contributed by atoms with Crippen LogP contribution >= 0.6 is 0 Å². The number of benzene rings is 1. The smallest absolute Gasteiger partial charge is 0.0908 e. The molecule has 2 nitrogen and oxygen atoms in total. The molecule has 2 rings (SSSR count). The van der Waals surface area contributed by atoms with Crippen molar-refractivity contribution in [2.45, 2.75) is 32.3 Å². The zero-order valence-electron chi connectivity index (χ0n) is 10.6. The molecule has 0 aromatic heterocycles. The first-order chi connectivity index (χ1) is 8.85. The molecule has 1 aromatic rings. The average Bonchev–Trinajstić information content (AvgIpc) is 2.87. The lowest BCUT2D eigenvalue weighted by Gasteiger charge is -2.24. The van der Waals surface area contributed by atoms with Crippen LogP contribution in [0.2, 0.25) is 0 Å². The van der Waals surface area contributed by atoms with E-state index in [1.807, 2.05) is 24.3 Å². The molecule has 1 saturated carbocycles. The summed E-state index contributed by atoms with van der Waals surface area (Å²) < 4.78 is 5.84. The molecule has 0 bridgehead atoms. The highest BCUT2D eigenvalue weighted by Crippen LogP contribution is 2.39. The summed E-state index contributed by atoms with van der Waals surface area (Å²) in [6.07, 6.45) is 8.41. The summed E-state index contributed by atoms with van der Waals surface area (Å²) in [5.74, 6) is 0. The number of hydrogen-bond donors (Lipinski definition) is 0. The molecule has 2 heteroatoms. The Morgan fingerprint density at radius 3 is 2.61 bits per heavy atom. The molecule has 1 fully saturated rings. The van der Waals surface area contributed by atoms with E-state index in [1.165, 1.54) is 18.4 Å². The predicted octanol–water partition coefficient (Wildman–Crippen LogP) is 3.84. The molecule has 94 valence electrons. The van der Waals surface area contributed by atoms with Crippen LogP contribution < -0.4 is 0 Å². The van der Waals surface area contributed by atoms with E-state index in [4.69, 9.17) is 10.00 Å². The molecule has 0 N–H and O–H groups in total. The molecule has 0 atom stereocenters. The Balaban J connectivity index is 1.87. The summed E-state index contributed by atoms with van der Waals surface area (Å²) in [7, 11) is 0. The van der Waals surface area contributed by atoms with Gasteiger partial charge in [-0.1, -0.05) is 49.2 Å². The van der Waals surface area contributed by atoms with Gasteiger partial charge in [0.2, 0.25) is 0 Å². The van der Waals surface area contributed by atoms with Crippen molar-refractivity contribution in [3.05, 3.63) is 48.0 Å². The van der Waals surface area contributed by atoms with E-state index in [-0.39, 0.29) is 5.41 Å². The minimum Gasteiger partial charge on any atom is -0.376 e. The maximum absolute atomic E-state index is 8.67. The minimum absolute atomic E-state index is 0.102. The molecule has 0 heterocycles. The molecule has 0 amide bonds. The van der Waals surface area contributed by atoms with Crippen molar-refractivity contribution in [2.24, 2.45) is 5.41 Å². The molecule has 0 saturated heterocycles. The topological polar surface area (TPSA) is 33.0 Å². The van der Waals surface area contributed by atoms with E-state index in [2.05, 4.69) is 18.2 Å². The second-order valence-electron chi connectivity index (χ2n) is 5.01. The Hall–Kier alpha value is -1.59. The molecule has 18 heavy (non-hydrogen) atoms. The van der Waals surface area contributed by atoms with Crippen LogP contribution in [0, 0.1) is 16.7 Å². The van der Waals surface area contributed by atoms with E-state index >= 15 is 0 Å². The molecular formula is C16H19NO. The highest BCUT2D eigenvalue weighted by Gasteiger charge is 2.31. The third kappa shape index (κ3) is 3.45. The fourth-order valence-corrected chi connectivity index (χ4v) is 2.60. The van der Waals surface area contributed by atoms with Gasteiger partial charge in [-0.2, -0.15) is 5.26 Å². The van der Waals surface area contributed by atoms with E-state index < -0.39 is 0 Å². The molecule has 0 aliphatic heterocycles. The monoisotopic (exact) mass is 241 g/mol. The number of nitriles is 1. The normalized spacial score (nSPS) is 17.9. The maximum atomic E-state index is 8.67. The summed E-state index contributed by atoms with van der Waals surface area (Å²) in [5, 5.41) is 8.67. The third-order valence-corrected chi connectivity index (χ3v) is 3.61. The number of rotatable bonds is 5. The number of nitrogens with zero attached hydrogens (tertiary/aromatic N) is 1. The highest BCUT2D eigenvalue weighted by atomic mass is 16.5. The van der Waals surface area contributed by atoms with Crippen molar-refractivity contribution >= 4 is 0 Å². The zero-order valence-corrected chi connectivity index (χ0v) is 10.6. The van der Waals surface area contributed by atoms with Gasteiger partial charge in [0, 0.05) is 11.5 Å². The Morgan fingerprint density at radius 1 is 1.22 bits per heavy atom. The lowest BCUT2D eigenvalue weighted by Crippen LogP contribution is -2.20. The van der Waals surface area contributed by atoms with Gasteiger partial charge in [0.05, 0.1) is 19.3 Å². The minimum atomic E-state index is 0.102. The van der Waals surface area contributed by atoms with Crippen molar-refractivity contribution in [1.29, 1.82) is 5.26 Å². The summed E-state index contributed by atoms with van der Waals surface area (Å²) in [5.41, 5.74) is 1.31.